The van der Waals surface area contributed by atoms with Crippen LogP contribution in [0.3, 0.4) is 0 Å². The summed E-state index contributed by atoms with van der Waals surface area (Å²) in [6, 6.07) is 0. The van der Waals surface area contributed by atoms with Crippen LogP contribution in [0, 0.1) is 0 Å². The molecule has 0 amide bonds. The van der Waals surface area contributed by atoms with Crippen LogP contribution in [0.4, 0.5) is 0 Å². The lowest BCUT2D eigenvalue weighted by Gasteiger charge is -2.00. The Bertz CT molecular complexity index is 99.9. The standard InChI is InChI=1S/C4H7N2S/c1-6-2-4(5)7-3-6/h2,5H,3H2,1H3. The van der Waals surface area contributed by atoms with Gasteiger partial charge in [0.15, 0.2) is 0 Å². The first kappa shape index (κ1) is 4.84. The van der Waals surface area contributed by atoms with Crippen LogP contribution in [-0.4, -0.2) is 17.8 Å². The summed E-state index contributed by atoms with van der Waals surface area (Å²) in [6.07, 6.45) is 1.82. The molecule has 2 nitrogen and oxygen atoms in total. The number of nitrogens with zero attached hydrogens (tertiary/aromatic N) is 1. The molecule has 0 aromatic heterocycles. The van der Waals surface area contributed by atoms with Gasteiger partial charge in [-0.2, -0.15) is 0 Å². The minimum absolute atomic E-state index is 0.669. The highest BCUT2D eigenvalue weighted by atomic mass is 32.2. The van der Waals surface area contributed by atoms with Gasteiger partial charge in [-0.15, -0.1) is 0 Å². The van der Waals surface area contributed by atoms with E-state index in [4.69, 9.17) is 5.73 Å². The minimum atomic E-state index is 0.669. The zero-order valence-electron chi connectivity index (χ0n) is 4.14. The smallest absolute Gasteiger partial charge is 0.105 e. The van der Waals surface area contributed by atoms with Crippen molar-refractivity contribution in [2.45, 2.75) is 0 Å². The van der Waals surface area contributed by atoms with Gasteiger partial charge < -0.3 is 4.90 Å². The molecule has 1 aliphatic rings. The van der Waals surface area contributed by atoms with Crippen LogP contribution in [0.25, 0.3) is 0 Å². The molecule has 0 bridgehead atoms. The lowest BCUT2D eigenvalue weighted by atomic mass is 10.8. The molecule has 0 unspecified atom stereocenters. The Morgan fingerprint density at radius 3 is 2.86 bits per heavy atom. The van der Waals surface area contributed by atoms with Crippen LogP contribution in [0.1, 0.15) is 0 Å². The number of nitrogens with one attached hydrogen (secondary N) is 1. The second-order valence-corrected chi connectivity index (χ2v) is 2.51. The fourth-order valence-corrected chi connectivity index (χ4v) is 1.12. The number of hydrogen-bond donors (Lipinski definition) is 0. The molecule has 1 N–H and O–H groups in total. The van der Waals surface area contributed by atoms with Gasteiger partial charge in [-0.3, -0.25) is 5.73 Å². The van der Waals surface area contributed by atoms with Gasteiger partial charge in [0.2, 0.25) is 0 Å². The van der Waals surface area contributed by atoms with E-state index >= 15 is 0 Å². The SMILES string of the molecule is CN1C=C([NH])SC1. The van der Waals surface area contributed by atoms with Gasteiger partial charge in [-0.25, -0.2) is 0 Å². The molecular formula is C4H7N2S. The molecule has 0 atom stereocenters. The maximum absolute atomic E-state index is 7.04. The summed E-state index contributed by atoms with van der Waals surface area (Å²) in [7, 11) is 1.97. The van der Waals surface area contributed by atoms with Crippen molar-refractivity contribution in [3.8, 4) is 0 Å². The van der Waals surface area contributed by atoms with Crippen molar-refractivity contribution in [1.29, 1.82) is 0 Å². The third-order valence-electron chi connectivity index (χ3n) is 0.761. The third-order valence-corrected chi connectivity index (χ3v) is 1.71. The van der Waals surface area contributed by atoms with Crippen LogP contribution in [0.2, 0.25) is 0 Å². The Kier molecular flexibility index (Phi) is 1.15. The lowest BCUT2D eigenvalue weighted by Crippen LogP contribution is -2.02. The Morgan fingerprint density at radius 1 is 2.00 bits per heavy atom. The molecule has 0 aliphatic carbocycles. The maximum Gasteiger partial charge on any atom is 0.105 e. The van der Waals surface area contributed by atoms with Gasteiger partial charge in [0.1, 0.15) is 5.03 Å². The largest absolute Gasteiger partial charge is 0.369 e. The normalized spacial score (nSPS) is 20.1. The summed E-state index contributed by atoms with van der Waals surface area (Å²) in [6.45, 7) is 0. The van der Waals surface area contributed by atoms with Gasteiger partial charge in [0.05, 0.1) is 5.88 Å². The molecule has 1 heterocycles. The number of hydrogen-bond acceptors (Lipinski definition) is 2. The van der Waals surface area contributed by atoms with E-state index in [1.54, 1.807) is 11.8 Å². The first-order valence-electron chi connectivity index (χ1n) is 2.05. The molecule has 0 saturated heterocycles. The molecule has 0 spiro atoms. The molecule has 3 heteroatoms. The topological polar surface area (TPSA) is 27.0 Å². The highest BCUT2D eigenvalue weighted by Crippen LogP contribution is 2.19. The highest BCUT2D eigenvalue weighted by Gasteiger charge is 2.03. The molecule has 0 aromatic rings. The number of thioether (sulfide) groups is 1. The second-order valence-electron chi connectivity index (χ2n) is 1.52. The molecule has 7 heavy (non-hydrogen) atoms. The maximum atomic E-state index is 7.04. The second kappa shape index (κ2) is 1.66. The summed E-state index contributed by atoms with van der Waals surface area (Å²) in [5.74, 6) is 0.943. The first-order chi connectivity index (χ1) is 3.29. The van der Waals surface area contributed by atoms with Crippen LogP contribution < -0.4 is 5.73 Å². The van der Waals surface area contributed by atoms with E-state index in [0.717, 1.165) is 5.88 Å². The van der Waals surface area contributed by atoms with Crippen LogP contribution in [-0.2, 0) is 0 Å². The van der Waals surface area contributed by atoms with Crippen molar-refractivity contribution in [2.24, 2.45) is 0 Å². The fraction of sp³-hybridized carbons (Fsp3) is 0.500. The summed E-state index contributed by atoms with van der Waals surface area (Å²) in [5, 5.41) is 0.669. The third kappa shape index (κ3) is 1.03. The summed E-state index contributed by atoms with van der Waals surface area (Å²) >= 11 is 1.56. The highest BCUT2D eigenvalue weighted by molar-refractivity contribution is 8.03. The molecule has 0 fully saturated rings. The average molecular weight is 115 g/mol. The number of rotatable bonds is 0. The van der Waals surface area contributed by atoms with Crippen molar-refractivity contribution in [2.75, 3.05) is 12.9 Å². The molecule has 1 aliphatic heterocycles. The van der Waals surface area contributed by atoms with Crippen LogP contribution in [0.5, 0.6) is 0 Å². The van der Waals surface area contributed by atoms with Crippen LogP contribution in [0.15, 0.2) is 11.2 Å². The van der Waals surface area contributed by atoms with Crippen molar-refractivity contribution < 1.29 is 0 Å². The van der Waals surface area contributed by atoms with Gasteiger partial charge in [0.25, 0.3) is 0 Å². The Hall–Kier alpha value is -0.310. The monoisotopic (exact) mass is 115 g/mol. The predicted molar refractivity (Wildman–Crippen MR) is 31.4 cm³/mol. The van der Waals surface area contributed by atoms with Crippen molar-refractivity contribution in [3.05, 3.63) is 11.2 Å². The van der Waals surface area contributed by atoms with Gasteiger partial charge in [-0.05, 0) is 0 Å². The predicted octanol–water partition coefficient (Wildman–Crippen LogP) is 0.704. The lowest BCUT2D eigenvalue weighted by molar-refractivity contribution is 0.549. The summed E-state index contributed by atoms with van der Waals surface area (Å²) in [4.78, 5) is 1.99. The van der Waals surface area contributed by atoms with E-state index in [-0.39, 0.29) is 0 Å². The van der Waals surface area contributed by atoms with E-state index in [9.17, 15) is 0 Å². The molecule has 1 radical (unpaired) electrons. The molecule has 0 aromatic carbocycles. The van der Waals surface area contributed by atoms with Crippen LogP contribution >= 0.6 is 11.8 Å². The van der Waals surface area contributed by atoms with Gasteiger partial charge in [0, 0.05) is 13.2 Å². The van der Waals surface area contributed by atoms with E-state index in [1.807, 2.05) is 18.1 Å². The van der Waals surface area contributed by atoms with Crippen molar-refractivity contribution in [1.82, 2.24) is 10.6 Å². The molecular weight excluding hydrogens is 108 g/mol. The quantitative estimate of drug-likeness (QED) is 0.464. The van der Waals surface area contributed by atoms with E-state index in [1.165, 1.54) is 0 Å². The Balaban J connectivity index is 2.50. The first-order valence-corrected chi connectivity index (χ1v) is 3.04. The Morgan fingerprint density at radius 2 is 2.71 bits per heavy atom. The zero-order chi connectivity index (χ0) is 5.28. The summed E-state index contributed by atoms with van der Waals surface area (Å²) in [5.41, 5.74) is 7.04. The van der Waals surface area contributed by atoms with Crippen molar-refractivity contribution >= 4 is 11.8 Å². The van der Waals surface area contributed by atoms with Gasteiger partial charge in [-0.1, -0.05) is 11.8 Å². The van der Waals surface area contributed by atoms with Crippen molar-refractivity contribution in [3.63, 3.8) is 0 Å². The average Bonchev–Trinajstić information content (AvgIpc) is 1.87. The van der Waals surface area contributed by atoms with Gasteiger partial charge >= 0.3 is 0 Å². The fourth-order valence-electron chi connectivity index (χ4n) is 0.446. The molecule has 39 valence electrons. The van der Waals surface area contributed by atoms with E-state index in [2.05, 4.69) is 0 Å². The Labute approximate surface area is 47.4 Å². The molecule has 1 rings (SSSR count). The zero-order valence-corrected chi connectivity index (χ0v) is 4.96. The molecule has 0 saturated carbocycles. The van der Waals surface area contributed by atoms with E-state index in [0.29, 0.717) is 5.03 Å². The summed E-state index contributed by atoms with van der Waals surface area (Å²) < 4.78 is 0. The minimum Gasteiger partial charge on any atom is -0.369 e. The van der Waals surface area contributed by atoms with E-state index < -0.39 is 0 Å².